The number of H-pyrrole nitrogens is 1. The van der Waals surface area contributed by atoms with Gasteiger partial charge in [0, 0.05) is 55.8 Å². The van der Waals surface area contributed by atoms with E-state index in [4.69, 9.17) is 9.47 Å². The predicted molar refractivity (Wildman–Crippen MR) is 212 cm³/mol. The van der Waals surface area contributed by atoms with Gasteiger partial charge in [-0.1, -0.05) is 23.3 Å². The number of hydrogen-bond acceptors (Lipinski definition) is 11. The molecule has 5 heterocycles. The monoisotopic (exact) mass is 773 g/mol. The number of morpholine rings is 1. The van der Waals surface area contributed by atoms with Gasteiger partial charge >= 0.3 is 6.09 Å². The fourth-order valence-corrected chi connectivity index (χ4v) is 7.86. The van der Waals surface area contributed by atoms with E-state index in [0.29, 0.717) is 37.7 Å². The predicted octanol–water partition coefficient (Wildman–Crippen LogP) is 4.10. The minimum Gasteiger partial charge on any atom is -0.617 e. The molecule has 4 aromatic rings. The molecule has 2 unspecified atom stereocenters. The van der Waals surface area contributed by atoms with E-state index in [-0.39, 0.29) is 23.6 Å². The standard InChI is InChI=1S/C39H51N9O6S/c1-25(43-38(51)54-39(2,3)4)31(23-55(5)52)36(49)45-29-7-6-14-47(22-29)21-26-12-13-40-33(19-26)37(50)44-28-10-8-27(9-11-28)32-20-30-34(46-32)41-24-42-35(30)48-15-17-53-18-16-48/h8-13,19-20,24-25,29,31H,6-7,14-18,21-23H2,1-5H3,(H,43,51)(H,44,50)(H,45,49)(H,41,42,46)/t25-,29-,31?,55?/m1/s1. The number of rotatable bonds is 12. The van der Waals surface area contributed by atoms with E-state index in [2.05, 4.69) is 51.8 Å². The van der Waals surface area contributed by atoms with Gasteiger partial charge < -0.3 is 39.9 Å². The van der Waals surface area contributed by atoms with Crippen molar-refractivity contribution in [1.82, 2.24) is 35.5 Å². The van der Waals surface area contributed by atoms with Gasteiger partial charge in [0.1, 0.15) is 40.8 Å². The zero-order chi connectivity index (χ0) is 39.1. The summed E-state index contributed by atoms with van der Waals surface area (Å²) in [5.74, 6) is -0.263. The third-order valence-electron chi connectivity index (χ3n) is 9.58. The number of benzene rings is 1. The van der Waals surface area contributed by atoms with Gasteiger partial charge in [-0.3, -0.25) is 19.5 Å². The van der Waals surface area contributed by atoms with Crippen LogP contribution >= 0.6 is 0 Å². The van der Waals surface area contributed by atoms with Crippen molar-refractivity contribution in [2.24, 2.45) is 5.92 Å². The van der Waals surface area contributed by atoms with Crippen LogP contribution in [0.2, 0.25) is 0 Å². The molecule has 0 spiro atoms. The number of fused-ring (bicyclic) bond motifs is 1. The van der Waals surface area contributed by atoms with Crippen molar-refractivity contribution < 1.29 is 28.4 Å². The molecule has 16 heteroatoms. The van der Waals surface area contributed by atoms with E-state index in [1.54, 1.807) is 52.5 Å². The molecule has 0 saturated carbocycles. The Labute approximate surface area is 324 Å². The molecule has 6 rings (SSSR count). The number of carbonyl (C=O) groups is 3. The molecule has 0 radical (unpaired) electrons. The molecule has 1 aromatic carbocycles. The lowest BCUT2D eigenvalue weighted by Gasteiger charge is -2.34. The summed E-state index contributed by atoms with van der Waals surface area (Å²) in [4.78, 5) is 60.3. The number of alkyl carbamates (subject to hydrolysis) is 1. The third kappa shape index (κ3) is 10.9. The van der Waals surface area contributed by atoms with Crippen molar-refractivity contribution in [2.45, 2.75) is 64.8 Å². The highest BCUT2D eigenvalue weighted by Gasteiger charge is 2.33. The molecule has 2 aliphatic heterocycles. The van der Waals surface area contributed by atoms with Crippen molar-refractivity contribution in [3.05, 3.63) is 66.2 Å². The third-order valence-corrected chi connectivity index (χ3v) is 10.4. The first kappa shape index (κ1) is 39.9. The smallest absolute Gasteiger partial charge is 0.407 e. The summed E-state index contributed by atoms with van der Waals surface area (Å²) in [6.45, 7) is 11.9. The first-order valence-electron chi connectivity index (χ1n) is 18.7. The molecule has 2 aliphatic rings. The number of pyridine rings is 1. The summed E-state index contributed by atoms with van der Waals surface area (Å²) < 4.78 is 23.1. The van der Waals surface area contributed by atoms with Crippen LogP contribution in [0.15, 0.2) is 55.0 Å². The van der Waals surface area contributed by atoms with Crippen molar-refractivity contribution in [1.29, 1.82) is 0 Å². The molecule has 294 valence electrons. The summed E-state index contributed by atoms with van der Waals surface area (Å²) in [5.41, 5.74) is 3.80. The lowest BCUT2D eigenvalue weighted by Crippen LogP contribution is -2.53. The number of anilines is 2. The lowest BCUT2D eigenvalue weighted by molar-refractivity contribution is -0.126. The van der Waals surface area contributed by atoms with E-state index >= 15 is 0 Å². The molecular formula is C39H51N9O6S. The maximum Gasteiger partial charge on any atom is 0.407 e. The normalized spacial score (nSPS) is 18.3. The van der Waals surface area contributed by atoms with E-state index in [1.807, 2.05) is 30.3 Å². The molecule has 4 N–H and O–H groups in total. The molecule has 3 amide bonds. The van der Waals surface area contributed by atoms with Crippen molar-refractivity contribution in [3.8, 4) is 11.3 Å². The van der Waals surface area contributed by atoms with Gasteiger partial charge in [0.15, 0.2) is 0 Å². The van der Waals surface area contributed by atoms with Crippen molar-refractivity contribution in [2.75, 3.05) is 61.6 Å². The van der Waals surface area contributed by atoms with Crippen LogP contribution in [0.4, 0.5) is 16.3 Å². The van der Waals surface area contributed by atoms with Crippen LogP contribution < -0.4 is 20.9 Å². The molecule has 3 aromatic heterocycles. The number of likely N-dealkylation sites (tertiary alicyclic amines) is 1. The SMILES string of the molecule is C[C@@H](NC(=O)OC(C)(C)C)C(C[S+](C)[O-])C(=O)N[C@@H]1CCCN(Cc2ccnc(C(=O)Nc3ccc(-c4cc5c(N6CCOCC6)ncnc5[nH]4)cc3)c2)C1. The van der Waals surface area contributed by atoms with Crippen LogP contribution in [0.5, 0.6) is 0 Å². The molecule has 2 fully saturated rings. The largest absolute Gasteiger partial charge is 0.617 e. The Bertz CT molecular complexity index is 1940. The molecule has 0 bridgehead atoms. The van der Waals surface area contributed by atoms with Gasteiger partial charge in [-0.15, -0.1) is 0 Å². The second-order valence-electron chi connectivity index (χ2n) is 15.2. The zero-order valence-corrected chi connectivity index (χ0v) is 32.9. The highest BCUT2D eigenvalue weighted by molar-refractivity contribution is 7.90. The Morgan fingerprint density at radius 1 is 1.07 bits per heavy atom. The van der Waals surface area contributed by atoms with E-state index in [9.17, 15) is 18.9 Å². The van der Waals surface area contributed by atoms with Gasteiger partial charge in [-0.2, -0.15) is 0 Å². The number of aromatic nitrogens is 4. The Kier molecular flexibility index (Phi) is 12.9. The molecule has 55 heavy (non-hydrogen) atoms. The lowest BCUT2D eigenvalue weighted by atomic mass is 10.00. The summed E-state index contributed by atoms with van der Waals surface area (Å²) in [7, 11) is 0. The van der Waals surface area contributed by atoms with Crippen LogP contribution in [-0.4, -0.2) is 116 Å². The van der Waals surface area contributed by atoms with Gasteiger partial charge in [-0.25, -0.2) is 14.8 Å². The Morgan fingerprint density at radius 2 is 1.84 bits per heavy atom. The van der Waals surface area contributed by atoms with Gasteiger partial charge in [-0.05, 0) is 88.5 Å². The number of aromatic amines is 1. The van der Waals surface area contributed by atoms with Crippen LogP contribution in [0.25, 0.3) is 22.3 Å². The van der Waals surface area contributed by atoms with Crippen molar-refractivity contribution in [3.63, 3.8) is 0 Å². The molecule has 15 nitrogen and oxygen atoms in total. The number of ether oxygens (including phenoxy) is 2. The quantitative estimate of drug-likeness (QED) is 0.152. The first-order chi connectivity index (χ1) is 26.3. The molecule has 0 aliphatic carbocycles. The molecule has 2 saturated heterocycles. The van der Waals surface area contributed by atoms with Gasteiger partial charge in [0.05, 0.1) is 24.9 Å². The maximum absolute atomic E-state index is 13.5. The van der Waals surface area contributed by atoms with Crippen LogP contribution in [0, 0.1) is 5.92 Å². The molecular weight excluding hydrogens is 723 g/mol. The van der Waals surface area contributed by atoms with E-state index < -0.39 is 34.8 Å². The Balaban J connectivity index is 1.03. The van der Waals surface area contributed by atoms with Crippen molar-refractivity contribution >= 4 is 51.6 Å². The summed E-state index contributed by atoms with van der Waals surface area (Å²) >= 11 is -1.26. The van der Waals surface area contributed by atoms with E-state index in [0.717, 1.165) is 66.1 Å². The van der Waals surface area contributed by atoms with Crippen LogP contribution in [0.1, 0.15) is 56.6 Å². The topological polar surface area (TPSA) is 190 Å². The van der Waals surface area contributed by atoms with Gasteiger partial charge in [0.25, 0.3) is 5.91 Å². The second kappa shape index (κ2) is 17.8. The minimum atomic E-state index is -1.26. The average Bonchev–Trinajstić information content (AvgIpc) is 3.59. The zero-order valence-electron chi connectivity index (χ0n) is 32.1. The fourth-order valence-electron chi connectivity index (χ4n) is 6.91. The maximum atomic E-state index is 13.5. The van der Waals surface area contributed by atoms with Crippen LogP contribution in [-0.2, 0) is 32.0 Å². The highest BCUT2D eigenvalue weighted by Crippen LogP contribution is 2.30. The van der Waals surface area contributed by atoms with Crippen LogP contribution in [0.3, 0.4) is 0 Å². The average molecular weight is 774 g/mol. The Hall–Kier alpha value is -4.77. The number of piperidine rings is 1. The summed E-state index contributed by atoms with van der Waals surface area (Å²) in [5, 5.41) is 9.79. The second-order valence-corrected chi connectivity index (χ2v) is 16.7. The number of nitrogens with zero attached hydrogens (tertiary/aromatic N) is 5. The fraction of sp³-hybridized carbons (Fsp3) is 0.487. The molecule has 4 atom stereocenters. The number of carbonyl (C=O) groups excluding carboxylic acids is 3. The summed E-state index contributed by atoms with van der Waals surface area (Å²) in [6, 6.07) is 12.6. The Morgan fingerprint density at radius 3 is 2.56 bits per heavy atom. The number of amides is 3. The van der Waals surface area contributed by atoms with Gasteiger partial charge in [0.2, 0.25) is 5.91 Å². The number of hydrogen-bond donors (Lipinski definition) is 4. The number of nitrogens with one attached hydrogen (secondary N) is 4. The highest BCUT2D eigenvalue weighted by atomic mass is 32.2. The minimum absolute atomic E-state index is 0.113. The van der Waals surface area contributed by atoms with E-state index in [1.165, 1.54) is 0 Å². The summed E-state index contributed by atoms with van der Waals surface area (Å²) in [6.07, 6.45) is 5.80. The first-order valence-corrected chi connectivity index (χ1v) is 20.4.